The van der Waals surface area contributed by atoms with Crippen molar-refractivity contribution in [1.82, 2.24) is 14.8 Å². The van der Waals surface area contributed by atoms with Crippen molar-refractivity contribution < 1.29 is 0 Å². The second-order valence-corrected chi connectivity index (χ2v) is 6.18. The molecule has 0 amide bonds. The third kappa shape index (κ3) is 3.38. The zero-order chi connectivity index (χ0) is 14.7. The molecule has 20 heavy (non-hydrogen) atoms. The summed E-state index contributed by atoms with van der Waals surface area (Å²) in [5.41, 5.74) is 5.29. The lowest BCUT2D eigenvalue weighted by Crippen LogP contribution is -2.34. The van der Waals surface area contributed by atoms with Crippen molar-refractivity contribution in [2.75, 3.05) is 6.54 Å². The molecule has 0 saturated heterocycles. The van der Waals surface area contributed by atoms with Gasteiger partial charge in [-0.3, -0.25) is 19.4 Å². The zero-order valence-corrected chi connectivity index (χ0v) is 13.1. The first kappa shape index (κ1) is 15.0. The molecule has 1 aromatic carbocycles. The summed E-state index contributed by atoms with van der Waals surface area (Å²) in [6.07, 6.45) is 0. The van der Waals surface area contributed by atoms with Crippen molar-refractivity contribution in [3.63, 3.8) is 0 Å². The van der Waals surface area contributed by atoms with Crippen LogP contribution in [0, 0.1) is 0 Å². The number of aromatic amines is 1. The Morgan fingerprint density at radius 1 is 1.40 bits per heavy atom. The van der Waals surface area contributed by atoms with Crippen LogP contribution in [0.1, 0.15) is 10.8 Å². The van der Waals surface area contributed by atoms with Crippen LogP contribution in [0.25, 0.3) is 0 Å². The number of aromatic nitrogens is 3. The van der Waals surface area contributed by atoms with Crippen molar-refractivity contribution in [3.8, 4) is 0 Å². The van der Waals surface area contributed by atoms with Crippen molar-refractivity contribution >= 4 is 27.7 Å². The van der Waals surface area contributed by atoms with Crippen molar-refractivity contribution in [3.05, 3.63) is 55.0 Å². The summed E-state index contributed by atoms with van der Waals surface area (Å²) in [5, 5.41) is 2.79. The Morgan fingerprint density at radius 3 is 2.65 bits per heavy atom. The molecule has 1 heterocycles. The minimum Gasteiger partial charge on any atom is -0.329 e. The van der Waals surface area contributed by atoms with Crippen LogP contribution in [0.2, 0.25) is 0 Å². The Kier molecular flexibility index (Phi) is 4.79. The van der Waals surface area contributed by atoms with E-state index < -0.39 is 11.1 Å². The van der Waals surface area contributed by atoms with Gasteiger partial charge in [-0.15, -0.1) is 0 Å². The molecular formula is C12H13BrN4O2S. The van der Waals surface area contributed by atoms with Crippen molar-refractivity contribution in [1.29, 1.82) is 0 Å². The molecule has 6 nitrogen and oxygen atoms in total. The average Bonchev–Trinajstić information content (AvgIpc) is 2.42. The van der Waals surface area contributed by atoms with Crippen LogP contribution in [-0.2, 0) is 7.05 Å². The molecule has 0 spiro atoms. The maximum absolute atomic E-state index is 11.3. The summed E-state index contributed by atoms with van der Waals surface area (Å²) in [5.74, 6) is 0. The van der Waals surface area contributed by atoms with E-state index in [9.17, 15) is 9.59 Å². The molecule has 0 aliphatic rings. The lowest BCUT2D eigenvalue weighted by atomic mass is 10.1. The van der Waals surface area contributed by atoms with Gasteiger partial charge in [-0.25, -0.2) is 0 Å². The number of nitrogens with one attached hydrogen (secondary N) is 1. The summed E-state index contributed by atoms with van der Waals surface area (Å²) < 4.78 is 2.41. The molecule has 2 aromatic rings. The molecule has 1 aromatic heterocycles. The molecule has 106 valence electrons. The van der Waals surface area contributed by atoms with Gasteiger partial charge in [-0.1, -0.05) is 39.8 Å². The number of hydrogen-bond acceptors (Lipinski definition) is 5. The number of thioether (sulfide) groups is 1. The Bertz CT molecular complexity index is 711. The van der Waals surface area contributed by atoms with Crippen LogP contribution < -0.4 is 16.9 Å². The number of H-pyrrole nitrogens is 1. The summed E-state index contributed by atoms with van der Waals surface area (Å²) in [7, 11) is 1.63. The molecule has 1 unspecified atom stereocenters. The summed E-state index contributed by atoms with van der Waals surface area (Å²) in [6.45, 7) is 0.390. The Labute approximate surface area is 127 Å². The zero-order valence-electron chi connectivity index (χ0n) is 10.7. The van der Waals surface area contributed by atoms with E-state index in [0.29, 0.717) is 11.7 Å². The highest BCUT2D eigenvalue weighted by Gasteiger charge is 2.15. The molecule has 2 rings (SSSR count). The summed E-state index contributed by atoms with van der Waals surface area (Å²) >= 11 is 4.72. The van der Waals surface area contributed by atoms with E-state index in [4.69, 9.17) is 5.73 Å². The Morgan fingerprint density at radius 2 is 2.05 bits per heavy atom. The predicted octanol–water partition coefficient (Wildman–Crippen LogP) is 1.02. The molecule has 8 heteroatoms. The molecule has 0 saturated carbocycles. The van der Waals surface area contributed by atoms with Gasteiger partial charge in [0.25, 0.3) is 0 Å². The summed E-state index contributed by atoms with van der Waals surface area (Å²) in [4.78, 5) is 26.3. The van der Waals surface area contributed by atoms with E-state index in [1.807, 2.05) is 24.3 Å². The second-order valence-electron chi connectivity index (χ2n) is 4.09. The SMILES string of the molecule is Cn1[nH]c(=O)c(=O)nc1SC(CN)c1ccc(Br)cc1. The van der Waals surface area contributed by atoms with E-state index in [1.165, 1.54) is 16.4 Å². The highest BCUT2D eigenvalue weighted by molar-refractivity contribution is 9.10. The fourth-order valence-electron chi connectivity index (χ4n) is 1.62. The van der Waals surface area contributed by atoms with Gasteiger partial charge in [0.1, 0.15) is 0 Å². The van der Waals surface area contributed by atoms with Crippen LogP contribution in [0.3, 0.4) is 0 Å². The van der Waals surface area contributed by atoms with Crippen molar-refractivity contribution in [2.24, 2.45) is 12.8 Å². The number of aryl methyl sites for hydroxylation is 1. The van der Waals surface area contributed by atoms with Crippen LogP contribution in [-0.4, -0.2) is 21.3 Å². The van der Waals surface area contributed by atoms with Gasteiger partial charge in [0, 0.05) is 23.3 Å². The van der Waals surface area contributed by atoms with Crippen LogP contribution >= 0.6 is 27.7 Å². The first-order valence-corrected chi connectivity index (χ1v) is 7.48. The fourth-order valence-corrected chi connectivity index (χ4v) is 2.87. The number of hydrogen-bond donors (Lipinski definition) is 2. The number of benzene rings is 1. The highest BCUT2D eigenvalue weighted by Crippen LogP contribution is 2.32. The minimum absolute atomic E-state index is 0.0490. The molecule has 0 aliphatic carbocycles. The maximum Gasteiger partial charge on any atom is 0.339 e. The van der Waals surface area contributed by atoms with Gasteiger partial charge in [-0.2, -0.15) is 4.98 Å². The minimum atomic E-state index is -0.794. The lowest BCUT2D eigenvalue weighted by Gasteiger charge is -2.15. The molecule has 0 radical (unpaired) electrons. The largest absolute Gasteiger partial charge is 0.339 e. The van der Waals surface area contributed by atoms with Gasteiger partial charge in [0.2, 0.25) is 0 Å². The molecule has 0 fully saturated rings. The quantitative estimate of drug-likeness (QED) is 0.630. The van der Waals surface area contributed by atoms with Gasteiger partial charge in [0.05, 0.1) is 0 Å². The van der Waals surface area contributed by atoms with E-state index in [2.05, 4.69) is 26.0 Å². The van der Waals surface area contributed by atoms with E-state index in [1.54, 1.807) is 7.05 Å². The number of nitrogens with zero attached hydrogens (tertiary/aromatic N) is 2. The fraction of sp³-hybridized carbons (Fsp3) is 0.250. The van der Waals surface area contributed by atoms with E-state index in [0.717, 1.165) is 10.0 Å². The topological polar surface area (TPSA) is 93.8 Å². The van der Waals surface area contributed by atoms with E-state index in [-0.39, 0.29) is 5.25 Å². The monoisotopic (exact) mass is 356 g/mol. The van der Waals surface area contributed by atoms with Crippen molar-refractivity contribution in [2.45, 2.75) is 10.4 Å². The summed E-state index contributed by atoms with van der Waals surface area (Å²) in [6, 6.07) is 7.77. The maximum atomic E-state index is 11.3. The molecule has 3 N–H and O–H groups in total. The van der Waals surface area contributed by atoms with Gasteiger partial charge < -0.3 is 5.73 Å². The number of rotatable bonds is 4. The second kappa shape index (κ2) is 6.38. The molecular weight excluding hydrogens is 344 g/mol. The number of halogens is 1. The third-order valence-electron chi connectivity index (χ3n) is 2.65. The van der Waals surface area contributed by atoms with Crippen LogP contribution in [0.15, 0.2) is 43.5 Å². The molecule has 0 bridgehead atoms. The van der Waals surface area contributed by atoms with E-state index >= 15 is 0 Å². The van der Waals surface area contributed by atoms with Gasteiger partial charge >= 0.3 is 11.1 Å². The smallest absolute Gasteiger partial charge is 0.329 e. The van der Waals surface area contributed by atoms with Gasteiger partial charge in [-0.05, 0) is 17.7 Å². The third-order valence-corrected chi connectivity index (χ3v) is 4.50. The predicted molar refractivity (Wildman–Crippen MR) is 81.9 cm³/mol. The highest BCUT2D eigenvalue weighted by atomic mass is 79.9. The number of nitrogens with two attached hydrogens (primary N) is 1. The standard InChI is InChI=1S/C12H13BrN4O2S/c1-17-12(15-10(18)11(19)16-17)20-9(6-14)7-2-4-8(13)5-3-7/h2-5,9H,6,14H2,1H3,(H,16,19). The van der Waals surface area contributed by atoms with Crippen LogP contribution in [0.5, 0.6) is 0 Å². The van der Waals surface area contributed by atoms with Crippen LogP contribution in [0.4, 0.5) is 0 Å². The first-order valence-electron chi connectivity index (χ1n) is 5.81. The normalized spacial score (nSPS) is 12.3. The Balaban J connectivity index is 2.31. The average molecular weight is 357 g/mol. The Hall–Kier alpha value is -1.38. The molecule has 1 atom stereocenters. The van der Waals surface area contributed by atoms with Gasteiger partial charge in [0.15, 0.2) is 5.16 Å². The lowest BCUT2D eigenvalue weighted by molar-refractivity contribution is 0.595. The first-order chi connectivity index (χ1) is 9.51. The molecule has 0 aliphatic heterocycles.